The number of carbonyl (C=O) groups excluding carboxylic acids is 2. The van der Waals surface area contributed by atoms with E-state index in [2.05, 4.69) is 20.4 Å². The van der Waals surface area contributed by atoms with Crippen molar-refractivity contribution >= 4 is 17.7 Å². The Morgan fingerprint density at radius 2 is 2.10 bits per heavy atom. The number of aliphatic hydroxyl groups excluding tert-OH is 1. The van der Waals surface area contributed by atoms with E-state index in [9.17, 15) is 19.1 Å². The molecule has 0 amide bonds. The highest BCUT2D eigenvalue weighted by Crippen LogP contribution is 2.20. The number of halogens is 1. The van der Waals surface area contributed by atoms with E-state index >= 15 is 0 Å². The number of aliphatic hydroxyl groups is 1. The Labute approximate surface area is 168 Å². The fourth-order valence-corrected chi connectivity index (χ4v) is 2.47. The zero-order chi connectivity index (χ0) is 21.6. The van der Waals surface area contributed by atoms with Crippen molar-refractivity contribution < 1.29 is 23.8 Å². The van der Waals surface area contributed by atoms with E-state index in [1.165, 1.54) is 24.8 Å². The second-order valence-corrected chi connectivity index (χ2v) is 7.54. The lowest BCUT2D eigenvalue weighted by Crippen LogP contribution is -2.27. The number of nitrogens with zero attached hydrogens (tertiary/aromatic N) is 4. The first-order valence-corrected chi connectivity index (χ1v) is 9.29. The number of hydrogen-bond donors (Lipinski definition) is 2. The average molecular weight is 407 g/mol. The Hall–Kier alpha value is -2.88. The van der Waals surface area contributed by atoms with Crippen LogP contribution in [-0.2, 0) is 4.74 Å². The Kier molecular flexibility index (Phi) is 7.38. The van der Waals surface area contributed by atoms with Gasteiger partial charge in [0.05, 0.1) is 5.56 Å². The van der Waals surface area contributed by atoms with Crippen LogP contribution in [0, 0.1) is 5.92 Å². The lowest BCUT2D eigenvalue weighted by atomic mass is 10.0. The standard InChI is InChI=1S/C19H26FN5O4/c1-5-12(10-26)8-15(20)23-17-13(9-21-11-22-17)16(27)14-6-7-25(24-14)18(28)29-19(2,3)4/h6-7,9,11-12,15,26H,5,8,10H2,1-4H3,(H,21,22,23). The number of ether oxygens (including phenoxy) is 1. The highest BCUT2D eigenvalue weighted by atomic mass is 19.1. The van der Waals surface area contributed by atoms with Crippen molar-refractivity contribution in [1.82, 2.24) is 19.7 Å². The third kappa shape index (κ3) is 6.31. The molecule has 2 aromatic heterocycles. The molecule has 0 spiro atoms. The van der Waals surface area contributed by atoms with E-state index in [-0.39, 0.29) is 36.0 Å². The van der Waals surface area contributed by atoms with Crippen molar-refractivity contribution in [2.24, 2.45) is 5.92 Å². The summed E-state index contributed by atoms with van der Waals surface area (Å²) in [5.74, 6) is -0.767. The molecule has 29 heavy (non-hydrogen) atoms. The Balaban J connectivity index is 2.17. The lowest BCUT2D eigenvalue weighted by molar-refractivity contribution is 0.0514. The van der Waals surface area contributed by atoms with Gasteiger partial charge in [-0.05, 0) is 32.8 Å². The quantitative estimate of drug-likeness (QED) is 0.506. The van der Waals surface area contributed by atoms with Gasteiger partial charge in [0, 0.05) is 25.4 Å². The molecule has 0 saturated carbocycles. The lowest BCUT2D eigenvalue weighted by Gasteiger charge is -2.18. The van der Waals surface area contributed by atoms with Crippen molar-refractivity contribution in [2.45, 2.75) is 52.4 Å². The van der Waals surface area contributed by atoms with E-state index in [0.29, 0.717) is 6.42 Å². The van der Waals surface area contributed by atoms with Gasteiger partial charge in [-0.25, -0.2) is 19.2 Å². The molecule has 2 atom stereocenters. The van der Waals surface area contributed by atoms with Crippen molar-refractivity contribution in [3.63, 3.8) is 0 Å². The van der Waals surface area contributed by atoms with E-state index in [1.54, 1.807) is 20.8 Å². The molecule has 0 radical (unpaired) electrons. The first-order chi connectivity index (χ1) is 13.6. The molecule has 158 valence electrons. The summed E-state index contributed by atoms with van der Waals surface area (Å²) in [4.78, 5) is 32.6. The van der Waals surface area contributed by atoms with Crippen LogP contribution in [0.3, 0.4) is 0 Å². The smallest absolute Gasteiger partial charge is 0.435 e. The molecular weight excluding hydrogens is 381 g/mol. The molecule has 0 aliphatic heterocycles. The molecule has 2 rings (SSSR count). The maximum Gasteiger partial charge on any atom is 0.435 e. The second kappa shape index (κ2) is 9.55. The van der Waals surface area contributed by atoms with Gasteiger partial charge in [-0.15, -0.1) is 0 Å². The van der Waals surface area contributed by atoms with Gasteiger partial charge in [0.25, 0.3) is 0 Å². The SMILES string of the molecule is CCC(CO)CC(F)Nc1ncncc1C(=O)c1ccn(C(=O)OC(C)(C)C)n1. The molecule has 2 aromatic rings. The normalized spacial score (nSPS) is 13.6. The van der Waals surface area contributed by atoms with Crippen LogP contribution < -0.4 is 5.32 Å². The zero-order valence-corrected chi connectivity index (χ0v) is 16.9. The monoisotopic (exact) mass is 407 g/mol. The van der Waals surface area contributed by atoms with Gasteiger partial charge >= 0.3 is 6.09 Å². The second-order valence-electron chi connectivity index (χ2n) is 7.54. The molecule has 0 aromatic carbocycles. The van der Waals surface area contributed by atoms with Crippen LogP contribution in [0.5, 0.6) is 0 Å². The van der Waals surface area contributed by atoms with Gasteiger partial charge in [-0.1, -0.05) is 13.3 Å². The molecule has 0 saturated heterocycles. The van der Waals surface area contributed by atoms with E-state index in [0.717, 1.165) is 4.68 Å². The van der Waals surface area contributed by atoms with Crippen LogP contribution in [0.4, 0.5) is 15.0 Å². The third-order valence-electron chi connectivity index (χ3n) is 4.03. The van der Waals surface area contributed by atoms with Gasteiger partial charge in [-0.3, -0.25) is 4.79 Å². The Morgan fingerprint density at radius 3 is 2.72 bits per heavy atom. The highest BCUT2D eigenvalue weighted by molar-refractivity contribution is 6.10. The minimum Gasteiger partial charge on any atom is -0.442 e. The van der Waals surface area contributed by atoms with Crippen LogP contribution in [0.15, 0.2) is 24.8 Å². The largest absolute Gasteiger partial charge is 0.442 e. The zero-order valence-electron chi connectivity index (χ0n) is 16.9. The molecule has 0 bridgehead atoms. The van der Waals surface area contributed by atoms with Crippen LogP contribution in [0.1, 0.15) is 56.6 Å². The molecule has 2 heterocycles. The molecular formula is C19H26FN5O4. The predicted octanol–water partition coefficient (Wildman–Crippen LogP) is 2.80. The summed E-state index contributed by atoms with van der Waals surface area (Å²) in [6.07, 6.45) is 2.21. The molecule has 0 fully saturated rings. The predicted molar refractivity (Wildman–Crippen MR) is 103 cm³/mol. The van der Waals surface area contributed by atoms with Crippen LogP contribution in [-0.4, -0.2) is 55.2 Å². The minimum absolute atomic E-state index is 0.0112. The van der Waals surface area contributed by atoms with Crippen LogP contribution in [0.2, 0.25) is 0 Å². The number of nitrogens with one attached hydrogen (secondary N) is 1. The van der Waals surface area contributed by atoms with Crippen LogP contribution in [0.25, 0.3) is 0 Å². The Bertz CT molecular complexity index is 845. The van der Waals surface area contributed by atoms with Crippen molar-refractivity contribution in [1.29, 1.82) is 0 Å². The van der Waals surface area contributed by atoms with Crippen molar-refractivity contribution in [2.75, 3.05) is 11.9 Å². The summed E-state index contributed by atoms with van der Waals surface area (Å²) >= 11 is 0. The molecule has 0 aliphatic carbocycles. The highest BCUT2D eigenvalue weighted by Gasteiger charge is 2.23. The molecule has 10 heteroatoms. The first kappa shape index (κ1) is 22.4. The maximum atomic E-state index is 14.4. The molecule has 2 unspecified atom stereocenters. The van der Waals surface area contributed by atoms with E-state index in [4.69, 9.17) is 4.74 Å². The molecule has 0 aliphatic rings. The summed E-state index contributed by atoms with van der Waals surface area (Å²) in [7, 11) is 0. The minimum atomic E-state index is -1.51. The molecule has 2 N–H and O–H groups in total. The maximum absolute atomic E-state index is 14.4. The third-order valence-corrected chi connectivity index (χ3v) is 4.03. The number of ketones is 1. The Morgan fingerprint density at radius 1 is 1.38 bits per heavy atom. The number of anilines is 1. The number of alkyl halides is 1. The van der Waals surface area contributed by atoms with Gasteiger partial charge in [0.2, 0.25) is 5.78 Å². The summed E-state index contributed by atoms with van der Waals surface area (Å²) < 4.78 is 20.5. The van der Waals surface area contributed by atoms with Crippen molar-refractivity contribution in [3.8, 4) is 0 Å². The summed E-state index contributed by atoms with van der Waals surface area (Å²) in [6.45, 7) is 6.87. The van der Waals surface area contributed by atoms with Gasteiger partial charge < -0.3 is 15.2 Å². The fourth-order valence-electron chi connectivity index (χ4n) is 2.47. The van der Waals surface area contributed by atoms with Crippen LogP contribution >= 0.6 is 0 Å². The topological polar surface area (TPSA) is 119 Å². The van der Waals surface area contributed by atoms with E-state index in [1.807, 2.05) is 6.92 Å². The van der Waals surface area contributed by atoms with E-state index < -0.39 is 23.8 Å². The first-order valence-electron chi connectivity index (χ1n) is 9.29. The van der Waals surface area contributed by atoms with Gasteiger partial charge in [0.1, 0.15) is 23.4 Å². The number of hydrogen-bond acceptors (Lipinski definition) is 8. The fraction of sp³-hybridized carbons (Fsp3) is 0.526. The average Bonchev–Trinajstić information content (AvgIpc) is 3.15. The number of rotatable bonds is 8. The number of carbonyl (C=O) groups is 2. The summed E-state index contributed by atoms with van der Waals surface area (Å²) in [6, 6.07) is 1.36. The van der Waals surface area contributed by atoms with Gasteiger partial charge in [0.15, 0.2) is 6.30 Å². The number of aromatic nitrogens is 4. The van der Waals surface area contributed by atoms with Gasteiger partial charge in [-0.2, -0.15) is 9.78 Å². The summed E-state index contributed by atoms with van der Waals surface area (Å²) in [5.41, 5.74) is -0.730. The molecule has 9 nitrogen and oxygen atoms in total. The summed E-state index contributed by atoms with van der Waals surface area (Å²) in [5, 5.41) is 15.7. The van der Waals surface area contributed by atoms with Crippen molar-refractivity contribution in [3.05, 3.63) is 36.0 Å².